The molecule has 10 heteroatoms. The Kier molecular flexibility index (Phi) is 37.6. The Bertz CT molecular complexity index is 1570. The van der Waals surface area contributed by atoms with E-state index in [1.54, 1.807) is 0 Å². The summed E-state index contributed by atoms with van der Waals surface area (Å²) in [4.78, 5) is 56.1. The van der Waals surface area contributed by atoms with Crippen LogP contribution in [0.3, 0.4) is 0 Å². The molecule has 3 rings (SSSR count). The maximum absolute atomic E-state index is 14.3. The van der Waals surface area contributed by atoms with Crippen molar-refractivity contribution in [2.45, 2.75) is 367 Å². The number of carbonyl (C=O) groups excluding carboxylic acids is 4. The fourth-order valence-corrected chi connectivity index (χ4v) is 11.7. The van der Waals surface area contributed by atoms with Gasteiger partial charge < -0.3 is 28.4 Å². The lowest BCUT2D eigenvalue weighted by atomic mass is 9.91. The van der Waals surface area contributed by atoms with Gasteiger partial charge in [0.2, 0.25) is 0 Å². The van der Waals surface area contributed by atoms with Crippen LogP contribution in [0, 0.1) is 17.8 Å². The molecular formula is C66H120O10. The summed E-state index contributed by atoms with van der Waals surface area (Å²) >= 11 is 0. The molecule has 0 amide bonds. The van der Waals surface area contributed by atoms with Crippen LogP contribution in [0.25, 0.3) is 0 Å². The molecule has 11 atom stereocenters. The number of rotatable bonds is 50. The number of carbonyl (C=O) groups is 4. The van der Waals surface area contributed by atoms with Crippen LogP contribution in [-0.2, 0) is 47.6 Å². The summed E-state index contributed by atoms with van der Waals surface area (Å²) in [6, 6.07) is 0. The molecule has 1 saturated heterocycles. The topological polar surface area (TPSA) is 124 Å². The molecule has 0 spiro atoms. The Morgan fingerprint density at radius 2 is 0.750 bits per heavy atom. The molecule has 76 heavy (non-hydrogen) atoms. The highest BCUT2D eigenvalue weighted by atomic mass is 16.7. The van der Waals surface area contributed by atoms with E-state index in [4.69, 9.17) is 33.9 Å². The van der Waals surface area contributed by atoms with Crippen molar-refractivity contribution in [3.8, 4) is 0 Å². The van der Waals surface area contributed by atoms with Gasteiger partial charge in [-0.2, -0.15) is 0 Å². The predicted molar refractivity (Wildman–Crippen MR) is 310 cm³/mol. The van der Waals surface area contributed by atoms with Gasteiger partial charge in [-0.05, 0) is 62.6 Å². The van der Waals surface area contributed by atoms with Crippen molar-refractivity contribution in [2.24, 2.45) is 17.8 Å². The van der Waals surface area contributed by atoms with E-state index in [1.807, 2.05) is 0 Å². The normalized spacial score (nSPS) is 24.2. The lowest BCUT2D eigenvalue weighted by molar-refractivity contribution is -0.310. The monoisotopic (exact) mass is 1080 g/mol. The average Bonchev–Trinajstić information content (AvgIpc) is 4.12. The minimum atomic E-state index is -1.48. The number of unbranched alkanes of at least 4 members (excludes halogenated alkanes) is 24. The zero-order valence-corrected chi connectivity index (χ0v) is 49.5. The van der Waals surface area contributed by atoms with E-state index in [-0.39, 0.29) is 38.2 Å². The van der Waals surface area contributed by atoms with Crippen LogP contribution in [0.4, 0.5) is 0 Å². The minimum Gasteiger partial charge on any atom is -0.463 e. The molecular weight excluding hydrogens is 953 g/mol. The van der Waals surface area contributed by atoms with Crippen LogP contribution in [0.2, 0.25) is 0 Å². The molecule has 1 aliphatic heterocycles. The van der Waals surface area contributed by atoms with Crippen LogP contribution < -0.4 is 0 Å². The summed E-state index contributed by atoms with van der Waals surface area (Å²) in [7, 11) is 0. The van der Waals surface area contributed by atoms with E-state index < -0.39 is 86.8 Å². The van der Waals surface area contributed by atoms with Gasteiger partial charge in [0.15, 0.2) is 24.6 Å². The summed E-state index contributed by atoms with van der Waals surface area (Å²) in [5.74, 6) is -1.17. The van der Waals surface area contributed by atoms with Crippen LogP contribution in [0.15, 0.2) is 0 Å². The molecule has 3 aliphatic rings. The molecule has 0 bridgehead atoms. The van der Waals surface area contributed by atoms with E-state index in [0.717, 1.165) is 121 Å². The summed E-state index contributed by atoms with van der Waals surface area (Å²) in [5, 5.41) is 0. The first-order valence-electron chi connectivity index (χ1n) is 34.9. The van der Waals surface area contributed by atoms with Crippen LogP contribution in [0.5, 0.6) is 0 Å². The number of hydrogen-bond acceptors (Lipinski definition) is 10. The Balaban J connectivity index is 1.93. The van der Waals surface area contributed by atoms with Gasteiger partial charge in [-0.25, -0.2) is 0 Å². The molecule has 0 aromatic carbocycles. The smallest absolute Gasteiger partial charge is 0.306 e. The largest absolute Gasteiger partial charge is 0.463 e. The van der Waals surface area contributed by atoms with Crippen molar-refractivity contribution in [3.05, 3.63) is 0 Å². The van der Waals surface area contributed by atoms with Gasteiger partial charge in [0.05, 0.1) is 6.61 Å². The highest BCUT2D eigenvalue weighted by Crippen LogP contribution is 2.40. The van der Waals surface area contributed by atoms with Crippen molar-refractivity contribution < 1.29 is 53.1 Å². The maximum atomic E-state index is 14.3. The third-order valence-electron chi connectivity index (χ3n) is 16.4. The van der Waals surface area contributed by atoms with Gasteiger partial charge >= 0.3 is 23.9 Å². The third-order valence-corrected chi connectivity index (χ3v) is 16.4. The summed E-state index contributed by atoms with van der Waals surface area (Å²) in [6.07, 6.45) is 31.4. The molecule has 2 aliphatic carbocycles. The second kappa shape index (κ2) is 46.5. The molecule has 2 saturated carbocycles. The van der Waals surface area contributed by atoms with Crippen molar-refractivity contribution in [3.63, 3.8) is 0 Å². The van der Waals surface area contributed by atoms with Crippen LogP contribution in [0.1, 0.15) is 341 Å². The van der Waals surface area contributed by atoms with Crippen molar-refractivity contribution in [2.75, 3.05) is 13.2 Å². The fourth-order valence-electron chi connectivity index (χ4n) is 11.7. The number of ether oxygens (including phenoxy) is 6. The standard InChI is InChI=1S/C66H120O10/c1-5-9-13-17-21-25-29-33-37-45-59(67)71-54-58-63(74-60(68)46-38-34-30-26-22-18-14-10-6-2)64(75-61(69)47-39-35-31-27-23-19-15-11-7-3)65(76-62(70)48-40-36-32-28-24-20-16-12-8-4)66(73-58)72-53-57-50-49-56(52-57)51-55-43-41-42-44-55/h55-58,63-66H,5-54H2,1-4H3/t56?,57?,58-,63+,64+,65-,66?/m1/s1/i37D,38D,39D,40D/t37?,38?,39?,40?,56?,57?,58-,63+,64+,65-,66?. The first-order valence-corrected chi connectivity index (χ1v) is 32.5. The van der Waals surface area contributed by atoms with Gasteiger partial charge in [-0.1, -0.05) is 265 Å². The fraction of sp³-hybridized carbons (Fsp3) is 0.939. The van der Waals surface area contributed by atoms with E-state index >= 15 is 0 Å². The highest BCUT2D eigenvalue weighted by molar-refractivity contribution is 5.72. The Hall–Kier alpha value is -2.20. The molecule has 3 fully saturated rings. The Morgan fingerprint density at radius 1 is 0.395 bits per heavy atom. The zero-order chi connectivity index (χ0) is 58.0. The molecule has 0 aromatic heterocycles. The SMILES string of the molecule is [2H]C(CCCCCCCCC)CC(=O)OC[C@H]1OC(OCC2CCC(CC3CCCC3)C2)[C@H](OC(=O)CC([2H])CCCCCCCCC)[C@@H](OC(=O)CC([2H])CCCCCCCCC)[C@H]1OC(=O)CC([2H])CCCCCCCCC. The average molecular weight is 1080 g/mol. The van der Waals surface area contributed by atoms with Crippen LogP contribution >= 0.6 is 0 Å². The van der Waals surface area contributed by atoms with E-state index in [1.165, 1.54) is 116 Å². The van der Waals surface area contributed by atoms with Crippen molar-refractivity contribution in [1.82, 2.24) is 0 Å². The molecule has 1 heterocycles. The van der Waals surface area contributed by atoms with Gasteiger partial charge in [-0.15, -0.1) is 0 Å². The number of hydrogen-bond donors (Lipinski definition) is 0. The molecule has 10 nitrogen and oxygen atoms in total. The lowest BCUT2D eigenvalue weighted by Crippen LogP contribution is -2.63. The first-order chi connectivity index (χ1) is 38.8. The summed E-state index contributed by atoms with van der Waals surface area (Å²) < 4.78 is 73.6. The number of esters is 4. The summed E-state index contributed by atoms with van der Waals surface area (Å²) in [6.45, 7) is 8.64. The Labute approximate surface area is 472 Å². The zero-order valence-electron chi connectivity index (χ0n) is 53.5. The molecule has 0 aromatic rings. The van der Waals surface area contributed by atoms with Crippen LogP contribution in [-0.4, -0.2) is 67.8 Å². The quantitative estimate of drug-likeness (QED) is 0.0330. The molecule has 0 N–H and O–H groups in total. The van der Waals surface area contributed by atoms with E-state index in [9.17, 15) is 19.2 Å². The van der Waals surface area contributed by atoms with Gasteiger partial charge in [0.1, 0.15) is 12.7 Å². The molecule has 444 valence electrons. The van der Waals surface area contributed by atoms with E-state index in [0.29, 0.717) is 31.6 Å². The van der Waals surface area contributed by atoms with Gasteiger partial charge in [-0.3, -0.25) is 19.2 Å². The third kappa shape index (κ3) is 33.4. The lowest BCUT2D eigenvalue weighted by Gasteiger charge is -2.44. The Morgan fingerprint density at radius 3 is 1.17 bits per heavy atom. The van der Waals surface area contributed by atoms with E-state index in [2.05, 4.69) is 27.7 Å². The van der Waals surface area contributed by atoms with Gasteiger partial charge in [0.25, 0.3) is 0 Å². The molecule has 0 radical (unpaired) electrons. The van der Waals surface area contributed by atoms with Crippen molar-refractivity contribution >= 4 is 23.9 Å². The second-order valence-electron chi connectivity index (χ2n) is 23.5. The first kappa shape index (κ1) is 61.4. The molecule has 7 unspecified atom stereocenters. The predicted octanol–water partition coefficient (Wildman–Crippen LogP) is 18.7. The minimum absolute atomic E-state index is 0.134. The van der Waals surface area contributed by atoms with Gasteiger partial charge in [0, 0.05) is 31.2 Å². The highest BCUT2D eigenvalue weighted by Gasteiger charge is 2.53. The maximum Gasteiger partial charge on any atom is 0.306 e. The van der Waals surface area contributed by atoms with Crippen molar-refractivity contribution in [1.29, 1.82) is 0 Å². The summed E-state index contributed by atoms with van der Waals surface area (Å²) in [5.41, 5.74) is 0. The second-order valence-corrected chi connectivity index (χ2v) is 23.5.